The fraction of sp³-hybridized carbons (Fsp3) is 0.562. The second-order valence-corrected chi connectivity index (χ2v) is 5.81. The molecule has 2 rings (SSSR count). The van der Waals surface area contributed by atoms with Crippen molar-refractivity contribution in [3.8, 4) is 0 Å². The smallest absolute Gasteiger partial charge is 0.238 e. The van der Waals surface area contributed by atoms with Crippen LogP contribution in [0.25, 0.3) is 0 Å². The third kappa shape index (κ3) is 4.05. The molecule has 20 heavy (non-hydrogen) atoms. The van der Waals surface area contributed by atoms with E-state index >= 15 is 0 Å². The van der Waals surface area contributed by atoms with Gasteiger partial charge < -0.3 is 10.6 Å². The van der Waals surface area contributed by atoms with Crippen molar-refractivity contribution in [1.29, 1.82) is 0 Å². The Labute approximate surface area is 121 Å². The van der Waals surface area contributed by atoms with Crippen molar-refractivity contribution >= 4 is 11.6 Å². The number of carbonyl (C=O) groups is 1. The fourth-order valence-electron chi connectivity index (χ4n) is 2.79. The molecule has 1 atom stereocenters. The number of rotatable bonds is 5. The van der Waals surface area contributed by atoms with Crippen LogP contribution in [0.2, 0.25) is 0 Å². The van der Waals surface area contributed by atoms with Gasteiger partial charge in [0.15, 0.2) is 0 Å². The molecule has 1 saturated heterocycles. The normalized spacial score (nSPS) is 18.5. The largest absolute Gasteiger partial charge is 0.324 e. The Bertz CT molecular complexity index is 447. The number of carbonyl (C=O) groups excluding carboxylic acids is 1. The van der Waals surface area contributed by atoms with Crippen LogP contribution in [0.3, 0.4) is 0 Å². The Morgan fingerprint density at radius 3 is 2.70 bits per heavy atom. The molecule has 0 radical (unpaired) electrons. The number of para-hydroxylation sites is 1. The maximum absolute atomic E-state index is 12.1. The van der Waals surface area contributed by atoms with Crippen LogP contribution in [0.4, 0.5) is 5.69 Å². The summed E-state index contributed by atoms with van der Waals surface area (Å²) in [6.45, 7) is 6.52. The second kappa shape index (κ2) is 6.86. The highest BCUT2D eigenvalue weighted by atomic mass is 16.2. The summed E-state index contributed by atoms with van der Waals surface area (Å²) in [5.41, 5.74) is 3.17. The SMILES string of the molecule is Cc1cccc(C)c1NC(=O)CN(C)CC1CCCN1. The number of benzene rings is 1. The Hall–Kier alpha value is -1.39. The van der Waals surface area contributed by atoms with Gasteiger partial charge in [-0.2, -0.15) is 0 Å². The topological polar surface area (TPSA) is 44.4 Å². The van der Waals surface area contributed by atoms with Crippen LogP contribution in [-0.4, -0.2) is 43.5 Å². The lowest BCUT2D eigenvalue weighted by atomic mass is 10.1. The van der Waals surface area contributed by atoms with Crippen molar-refractivity contribution in [2.45, 2.75) is 32.7 Å². The van der Waals surface area contributed by atoms with Crippen LogP contribution in [0.15, 0.2) is 18.2 Å². The zero-order valence-corrected chi connectivity index (χ0v) is 12.7. The molecule has 0 bridgehead atoms. The molecule has 0 spiro atoms. The zero-order valence-electron chi connectivity index (χ0n) is 12.7. The van der Waals surface area contributed by atoms with Crippen molar-refractivity contribution in [1.82, 2.24) is 10.2 Å². The standard InChI is InChI=1S/C16H25N3O/c1-12-6-4-7-13(2)16(12)18-15(20)11-19(3)10-14-8-5-9-17-14/h4,6-7,14,17H,5,8-11H2,1-3H3,(H,18,20). The van der Waals surface area contributed by atoms with E-state index in [2.05, 4.69) is 15.5 Å². The van der Waals surface area contributed by atoms with Gasteiger partial charge in [0, 0.05) is 18.3 Å². The van der Waals surface area contributed by atoms with Gasteiger partial charge in [-0.25, -0.2) is 0 Å². The summed E-state index contributed by atoms with van der Waals surface area (Å²) in [7, 11) is 2.00. The molecule has 1 aliphatic rings. The monoisotopic (exact) mass is 275 g/mol. The average Bonchev–Trinajstić information content (AvgIpc) is 2.86. The lowest BCUT2D eigenvalue weighted by molar-refractivity contribution is -0.117. The van der Waals surface area contributed by atoms with Crippen LogP contribution in [0.1, 0.15) is 24.0 Å². The molecule has 0 aromatic heterocycles. The van der Waals surface area contributed by atoms with Gasteiger partial charge in [-0.3, -0.25) is 9.69 Å². The molecule has 1 amide bonds. The van der Waals surface area contributed by atoms with Crippen molar-refractivity contribution in [2.75, 3.05) is 32.0 Å². The van der Waals surface area contributed by atoms with Gasteiger partial charge in [0.25, 0.3) is 0 Å². The quantitative estimate of drug-likeness (QED) is 0.863. The third-order valence-corrected chi connectivity index (χ3v) is 3.85. The van der Waals surface area contributed by atoms with Gasteiger partial charge in [-0.15, -0.1) is 0 Å². The number of anilines is 1. The summed E-state index contributed by atoms with van der Waals surface area (Å²) >= 11 is 0. The minimum Gasteiger partial charge on any atom is -0.324 e. The van der Waals surface area contributed by atoms with Crippen LogP contribution >= 0.6 is 0 Å². The number of likely N-dealkylation sites (N-methyl/N-ethyl adjacent to an activating group) is 1. The summed E-state index contributed by atoms with van der Waals surface area (Å²) in [5.74, 6) is 0.0582. The van der Waals surface area contributed by atoms with E-state index in [1.165, 1.54) is 12.8 Å². The maximum atomic E-state index is 12.1. The van der Waals surface area contributed by atoms with E-state index in [0.717, 1.165) is 29.9 Å². The lowest BCUT2D eigenvalue weighted by Gasteiger charge is -2.21. The van der Waals surface area contributed by atoms with E-state index in [0.29, 0.717) is 12.6 Å². The van der Waals surface area contributed by atoms with E-state index < -0.39 is 0 Å². The number of aryl methyl sites for hydroxylation is 2. The molecule has 4 nitrogen and oxygen atoms in total. The van der Waals surface area contributed by atoms with Crippen molar-refractivity contribution in [3.63, 3.8) is 0 Å². The predicted molar refractivity (Wildman–Crippen MR) is 83.1 cm³/mol. The number of hydrogen-bond acceptors (Lipinski definition) is 3. The Morgan fingerprint density at radius 2 is 2.10 bits per heavy atom. The molecule has 0 aliphatic carbocycles. The number of nitrogens with one attached hydrogen (secondary N) is 2. The first kappa shape index (κ1) is 15.0. The molecule has 1 aromatic carbocycles. The minimum atomic E-state index is 0.0582. The summed E-state index contributed by atoms with van der Waals surface area (Å²) in [6, 6.07) is 6.59. The zero-order chi connectivity index (χ0) is 14.5. The van der Waals surface area contributed by atoms with Gasteiger partial charge in [-0.05, 0) is 51.4 Å². The van der Waals surface area contributed by atoms with E-state index in [1.54, 1.807) is 0 Å². The van der Waals surface area contributed by atoms with Gasteiger partial charge in [0.05, 0.1) is 6.54 Å². The molecule has 4 heteroatoms. The highest BCUT2D eigenvalue weighted by molar-refractivity contribution is 5.93. The van der Waals surface area contributed by atoms with E-state index in [-0.39, 0.29) is 5.91 Å². The van der Waals surface area contributed by atoms with Crippen LogP contribution in [-0.2, 0) is 4.79 Å². The highest BCUT2D eigenvalue weighted by Gasteiger charge is 2.17. The molecule has 1 aromatic rings. The molecular weight excluding hydrogens is 250 g/mol. The van der Waals surface area contributed by atoms with Crippen LogP contribution in [0, 0.1) is 13.8 Å². The molecule has 1 heterocycles. The summed E-state index contributed by atoms with van der Waals surface area (Å²) in [6.07, 6.45) is 2.45. The van der Waals surface area contributed by atoms with E-state index in [1.807, 2.05) is 39.1 Å². The van der Waals surface area contributed by atoms with Gasteiger partial charge in [0.1, 0.15) is 0 Å². The molecular formula is C16H25N3O. The number of hydrogen-bond donors (Lipinski definition) is 2. The van der Waals surface area contributed by atoms with E-state index in [9.17, 15) is 4.79 Å². The summed E-state index contributed by atoms with van der Waals surface area (Å²) < 4.78 is 0. The predicted octanol–water partition coefficient (Wildman–Crippen LogP) is 1.93. The highest BCUT2D eigenvalue weighted by Crippen LogP contribution is 2.19. The number of nitrogens with zero attached hydrogens (tertiary/aromatic N) is 1. The average molecular weight is 275 g/mol. The van der Waals surface area contributed by atoms with Crippen LogP contribution < -0.4 is 10.6 Å². The molecule has 110 valence electrons. The van der Waals surface area contributed by atoms with Gasteiger partial charge >= 0.3 is 0 Å². The van der Waals surface area contributed by atoms with Crippen LogP contribution in [0.5, 0.6) is 0 Å². The molecule has 2 N–H and O–H groups in total. The first-order valence-electron chi connectivity index (χ1n) is 7.34. The first-order valence-corrected chi connectivity index (χ1v) is 7.34. The lowest BCUT2D eigenvalue weighted by Crippen LogP contribution is -2.39. The number of amides is 1. The third-order valence-electron chi connectivity index (χ3n) is 3.85. The van der Waals surface area contributed by atoms with E-state index in [4.69, 9.17) is 0 Å². The first-order chi connectivity index (χ1) is 9.56. The van der Waals surface area contributed by atoms with Crippen molar-refractivity contribution in [2.24, 2.45) is 0 Å². The maximum Gasteiger partial charge on any atom is 0.238 e. The van der Waals surface area contributed by atoms with Crippen molar-refractivity contribution < 1.29 is 4.79 Å². The molecule has 0 saturated carbocycles. The summed E-state index contributed by atoms with van der Waals surface area (Å²) in [4.78, 5) is 14.2. The van der Waals surface area contributed by atoms with Gasteiger partial charge in [-0.1, -0.05) is 18.2 Å². The Morgan fingerprint density at radius 1 is 1.40 bits per heavy atom. The fourth-order valence-corrected chi connectivity index (χ4v) is 2.79. The Kier molecular flexibility index (Phi) is 5.15. The van der Waals surface area contributed by atoms with Crippen molar-refractivity contribution in [3.05, 3.63) is 29.3 Å². The molecule has 1 unspecified atom stereocenters. The van der Waals surface area contributed by atoms with Gasteiger partial charge in [0.2, 0.25) is 5.91 Å². The molecule has 1 fully saturated rings. The summed E-state index contributed by atoms with van der Waals surface area (Å²) in [5, 5.41) is 6.49. The minimum absolute atomic E-state index is 0.0582. The second-order valence-electron chi connectivity index (χ2n) is 5.81. The Balaban J connectivity index is 1.85. The molecule has 1 aliphatic heterocycles.